The Morgan fingerprint density at radius 3 is 2.68 bits per heavy atom. The van der Waals surface area contributed by atoms with Gasteiger partial charge < -0.3 is 14.7 Å². The molecule has 4 heteroatoms. The van der Waals surface area contributed by atoms with Gasteiger partial charge >= 0.3 is 6.09 Å². The molecule has 1 aromatic carbocycles. The largest absolute Gasteiger partial charge is 0.508 e. The Bertz CT molecular complexity index is 491. The second-order valence-electron chi connectivity index (χ2n) is 6.11. The van der Waals surface area contributed by atoms with Crippen LogP contribution < -0.4 is 0 Å². The molecule has 1 unspecified atom stereocenters. The summed E-state index contributed by atoms with van der Waals surface area (Å²) in [7, 11) is 0. The number of nitrogens with zero attached hydrogens (tertiary/aromatic N) is 1. The number of phenolic OH excluding ortho intramolecular Hbond substituents is 1. The first kappa shape index (κ1) is 13.7. The van der Waals surface area contributed by atoms with Crippen LogP contribution >= 0.6 is 0 Å². The van der Waals surface area contributed by atoms with Crippen LogP contribution in [0.4, 0.5) is 4.79 Å². The summed E-state index contributed by atoms with van der Waals surface area (Å²) < 4.78 is 5.42. The van der Waals surface area contributed by atoms with Crippen molar-refractivity contribution in [2.45, 2.75) is 52.3 Å². The van der Waals surface area contributed by atoms with E-state index in [-0.39, 0.29) is 17.9 Å². The number of benzene rings is 1. The van der Waals surface area contributed by atoms with Crippen molar-refractivity contribution in [2.75, 3.05) is 0 Å². The Morgan fingerprint density at radius 1 is 1.37 bits per heavy atom. The number of hydrogen-bond acceptors (Lipinski definition) is 3. The molecule has 104 valence electrons. The van der Waals surface area contributed by atoms with Crippen molar-refractivity contribution < 1.29 is 14.6 Å². The van der Waals surface area contributed by atoms with Gasteiger partial charge in [0.2, 0.25) is 0 Å². The van der Waals surface area contributed by atoms with Gasteiger partial charge in [-0.1, -0.05) is 6.07 Å². The van der Waals surface area contributed by atoms with Gasteiger partial charge in [0.1, 0.15) is 11.4 Å². The van der Waals surface area contributed by atoms with Crippen LogP contribution in [-0.4, -0.2) is 27.7 Å². The zero-order valence-corrected chi connectivity index (χ0v) is 11.9. The Labute approximate surface area is 114 Å². The number of fused-ring (bicyclic) bond motifs is 1. The highest BCUT2D eigenvalue weighted by molar-refractivity contribution is 5.69. The lowest BCUT2D eigenvalue weighted by Crippen LogP contribution is -2.45. The average molecular weight is 263 g/mol. The van der Waals surface area contributed by atoms with Crippen molar-refractivity contribution in [3.63, 3.8) is 0 Å². The Hall–Kier alpha value is -1.71. The molecule has 1 aromatic rings. The first-order valence-electron chi connectivity index (χ1n) is 6.56. The summed E-state index contributed by atoms with van der Waals surface area (Å²) in [6.07, 6.45) is 0.460. The standard InChI is InChI=1S/C15H21NO3/c1-10-7-12-8-13(17)6-5-11(12)9-16(10)14(18)19-15(2,3)4/h5-6,8,10,17H,7,9H2,1-4H3. The van der Waals surface area contributed by atoms with Crippen molar-refractivity contribution in [2.24, 2.45) is 0 Å². The molecule has 1 heterocycles. The molecule has 1 atom stereocenters. The van der Waals surface area contributed by atoms with Crippen molar-refractivity contribution in [1.82, 2.24) is 4.90 Å². The molecule has 0 fully saturated rings. The minimum absolute atomic E-state index is 0.0733. The SMILES string of the molecule is CC1Cc2cc(O)ccc2CN1C(=O)OC(C)(C)C. The smallest absolute Gasteiger partial charge is 0.410 e. The van der Waals surface area contributed by atoms with E-state index in [2.05, 4.69) is 0 Å². The maximum Gasteiger partial charge on any atom is 0.410 e. The van der Waals surface area contributed by atoms with Crippen LogP contribution in [0.5, 0.6) is 5.75 Å². The summed E-state index contributed by atoms with van der Waals surface area (Å²) in [4.78, 5) is 13.9. The molecule has 0 bridgehead atoms. The Kier molecular flexibility index (Phi) is 3.43. The molecule has 19 heavy (non-hydrogen) atoms. The first-order chi connectivity index (χ1) is 8.76. The Morgan fingerprint density at radius 2 is 2.05 bits per heavy atom. The summed E-state index contributed by atoms with van der Waals surface area (Å²) in [5.41, 5.74) is 1.69. The molecular formula is C15H21NO3. The van der Waals surface area contributed by atoms with E-state index >= 15 is 0 Å². The highest BCUT2D eigenvalue weighted by atomic mass is 16.6. The molecular weight excluding hydrogens is 242 g/mol. The van der Waals surface area contributed by atoms with Gasteiger partial charge in [-0.3, -0.25) is 0 Å². The molecule has 0 aromatic heterocycles. The fourth-order valence-electron chi connectivity index (χ4n) is 2.29. The molecule has 0 saturated carbocycles. The normalized spacial score (nSPS) is 18.9. The van der Waals surface area contributed by atoms with Gasteiger partial charge in [0.05, 0.1) is 0 Å². The molecule has 0 radical (unpaired) electrons. The van der Waals surface area contributed by atoms with Crippen LogP contribution in [0.15, 0.2) is 18.2 Å². The highest BCUT2D eigenvalue weighted by Gasteiger charge is 2.30. The van der Waals surface area contributed by atoms with Crippen LogP contribution in [0.2, 0.25) is 0 Å². The number of phenols is 1. The third-order valence-electron chi connectivity index (χ3n) is 3.21. The van der Waals surface area contributed by atoms with Crippen molar-refractivity contribution in [3.8, 4) is 5.75 Å². The third kappa shape index (κ3) is 3.19. The zero-order chi connectivity index (χ0) is 14.2. The lowest BCUT2D eigenvalue weighted by Gasteiger charge is -2.36. The molecule has 4 nitrogen and oxygen atoms in total. The quantitative estimate of drug-likeness (QED) is 0.782. The summed E-state index contributed by atoms with van der Waals surface area (Å²) in [6.45, 7) is 8.13. The summed E-state index contributed by atoms with van der Waals surface area (Å²) in [5.74, 6) is 0.275. The van der Waals surface area contributed by atoms with Crippen molar-refractivity contribution in [3.05, 3.63) is 29.3 Å². The van der Waals surface area contributed by atoms with E-state index in [9.17, 15) is 9.90 Å². The van der Waals surface area contributed by atoms with Crippen LogP contribution in [0.1, 0.15) is 38.8 Å². The van der Waals surface area contributed by atoms with Crippen LogP contribution in [-0.2, 0) is 17.7 Å². The topological polar surface area (TPSA) is 49.8 Å². The minimum Gasteiger partial charge on any atom is -0.508 e. The van der Waals surface area contributed by atoms with Gasteiger partial charge in [-0.25, -0.2) is 4.79 Å². The summed E-state index contributed by atoms with van der Waals surface area (Å²) in [6, 6.07) is 5.37. The van der Waals surface area contributed by atoms with Gasteiger partial charge in [-0.05, 0) is 57.4 Å². The third-order valence-corrected chi connectivity index (χ3v) is 3.21. The molecule has 1 aliphatic rings. The van der Waals surface area contributed by atoms with Gasteiger partial charge in [0.15, 0.2) is 0 Å². The zero-order valence-electron chi connectivity index (χ0n) is 11.9. The molecule has 2 rings (SSSR count). The van der Waals surface area contributed by atoms with Gasteiger partial charge in [0, 0.05) is 12.6 Å². The molecule has 0 saturated heterocycles. The number of ether oxygens (including phenoxy) is 1. The van der Waals surface area contributed by atoms with Gasteiger partial charge in [-0.2, -0.15) is 0 Å². The van der Waals surface area contributed by atoms with Gasteiger partial charge in [-0.15, -0.1) is 0 Å². The van der Waals surface area contributed by atoms with Crippen LogP contribution in [0, 0.1) is 0 Å². The van der Waals surface area contributed by atoms with E-state index in [1.807, 2.05) is 33.8 Å². The second-order valence-corrected chi connectivity index (χ2v) is 6.11. The predicted octanol–water partition coefficient (Wildman–Crippen LogP) is 3.07. The number of aromatic hydroxyl groups is 1. The fourth-order valence-corrected chi connectivity index (χ4v) is 2.29. The summed E-state index contributed by atoms with van der Waals surface area (Å²) >= 11 is 0. The fraction of sp³-hybridized carbons (Fsp3) is 0.533. The lowest BCUT2D eigenvalue weighted by atomic mass is 9.95. The monoisotopic (exact) mass is 263 g/mol. The first-order valence-corrected chi connectivity index (χ1v) is 6.56. The van der Waals surface area contributed by atoms with E-state index in [1.54, 1.807) is 17.0 Å². The van der Waals surface area contributed by atoms with Crippen molar-refractivity contribution >= 4 is 6.09 Å². The number of amides is 1. The van der Waals surface area contributed by atoms with E-state index in [1.165, 1.54) is 0 Å². The van der Waals surface area contributed by atoms with Crippen LogP contribution in [0.25, 0.3) is 0 Å². The van der Waals surface area contributed by atoms with Gasteiger partial charge in [0.25, 0.3) is 0 Å². The lowest BCUT2D eigenvalue weighted by molar-refractivity contribution is 0.0138. The highest BCUT2D eigenvalue weighted by Crippen LogP contribution is 2.27. The maximum absolute atomic E-state index is 12.2. The Balaban J connectivity index is 2.17. The number of hydrogen-bond donors (Lipinski definition) is 1. The van der Waals surface area contributed by atoms with Crippen LogP contribution in [0.3, 0.4) is 0 Å². The number of rotatable bonds is 0. The molecule has 1 N–H and O–H groups in total. The number of carbonyl (C=O) groups excluding carboxylic acids is 1. The van der Waals surface area contributed by atoms with E-state index in [0.717, 1.165) is 17.5 Å². The van der Waals surface area contributed by atoms with E-state index in [4.69, 9.17) is 4.74 Å². The van der Waals surface area contributed by atoms with Crippen molar-refractivity contribution in [1.29, 1.82) is 0 Å². The molecule has 0 aliphatic carbocycles. The second kappa shape index (κ2) is 4.76. The van der Waals surface area contributed by atoms with E-state index in [0.29, 0.717) is 6.54 Å². The summed E-state index contributed by atoms with van der Waals surface area (Å²) in [5, 5.41) is 9.50. The average Bonchev–Trinajstić information content (AvgIpc) is 2.25. The molecule has 0 spiro atoms. The minimum atomic E-state index is -0.480. The molecule has 1 amide bonds. The predicted molar refractivity (Wildman–Crippen MR) is 73.0 cm³/mol. The molecule has 1 aliphatic heterocycles. The maximum atomic E-state index is 12.2. The van der Waals surface area contributed by atoms with E-state index < -0.39 is 5.60 Å². The number of carbonyl (C=O) groups is 1.